The van der Waals surface area contributed by atoms with Gasteiger partial charge in [-0.2, -0.15) is 0 Å². The smallest absolute Gasteiger partial charge is 0.150 e. The van der Waals surface area contributed by atoms with Gasteiger partial charge in [-0.15, -0.1) is 0 Å². The lowest BCUT2D eigenvalue weighted by Gasteiger charge is -2.11. The summed E-state index contributed by atoms with van der Waals surface area (Å²) in [5.74, 6) is 0.797. The van der Waals surface area contributed by atoms with Gasteiger partial charge in [-0.3, -0.25) is 4.79 Å². The molecule has 1 atom stereocenters. The molecule has 0 amide bonds. The molecule has 0 radical (unpaired) electrons. The van der Waals surface area contributed by atoms with Crippen molar-refractivity contribution in [3.05, 3.63) is 29.8 Å². The Hall–Kier alpha value is -1.35. The predicted octanol–water partition coefficient (Wildman–Crippen LogP) is 1.67. The minimum absolute atomic E-state index is 0.164. The second-order valence-corrected chi connectivity index (χ2v) is 3.29. The third kappa shape index (κ3) is 2.12. The summed E-state index contributed by atoms with van der Waals surface area (Å²) < 4.78 is 10.8. The largest absolute Gasteiger partial charge is 0.488 e. The van der Waals surface area contributed by atoms with Crippen molar-refractivity contribution in [2.24, 2.45) is 0 Å². The van der Waals surface area contributed by atoms with Crippen LogP contribution in [0.5, 0.6) is 5.75 Å². The van der Waals surface area contributed by atoms with Crippen LogP contribution < -0.4 is 4.74 Å². The monoisotopic (exact) mass is 192 g/mol. The van der Waals surface area contributed by atoms with Crippen molar-refractivity contribution in [1.82, 2.24) is 0 Å². The molecule has 14 heavy (non-hydrogen) atoms. The Morgan fingerprint density at radius 1 is 1.36 bits per heavy atom. The molecule has 3 nitrogen and oxygen atoms in total. The standard InChI is InChI=1S/C11H12O3/c12-7-9-1-3-10(4-2-9)14-11-5-6-13-8-11/h1-4,7,11H,5-6,8H2/t11-/m0/s1. The van der Waals surface area contributed by atoms with Crippen LogP contribution in [0, 0.1) is 0 Å². The first-order valence-corrected chi connectivity index (χ1v) is 4.68. The molecule has 1 aromatic rings. The zero-order chi connectivity index (χ0) is 9.80. The highest BCUT2D eigenvalue weighted by molar-refractivity contribution is 5.74. The second-order valence-electron chi connectivity index (χ2n) is 3.29. The summed E-state index contributed by atoms with van der Waals surface area (Å²) in [5.41, 5.74) is 0.667. The fourth-order valence-electron chi connectivity index (χ4n) is 1.42. The number of rotatable bonds is 3. The molecule has 1 aliphatic rings. The SMILES string of the molecule is O=Cc1ccc(O[C@H]2CCOC2)cc1. The normalized spacial score (nSPS) is 20.7. The van der Waals surface area contributed by atoms with Crippen LogP contribution in [0.15, 0.2) is 24.3 Å². The Bertz CT molecular complexity index is 299. The molecule has 0 spiro atoms. The van der Waals surface area contributed by atoms with Gasteiger partial charge in [-0.25, -0.2) is 0 Å². The molecule has 0 N–H and O–H groups in total. The van der Waals surface area contributed by atoms with Crippen molar-refractivity contribution in [3.63, 3.8) is 0 Å². The molecule has 1 aromatic carbocycles. The second kappa shape index (κ2) is 4.24. The van der Waals surface area contributed by atoms with E-state index in [1.807, 2.05) is 12.1 Å². The minimum atomic E-state index is 0.164. The fourth-order valence-corrected chi connectivity index (χ4v) is 1.42. The Labute approximate surface area is 82.6 Å². The van der Waals surface area contributed by atoms with Crippen molar-refractivity contribution < 1.29 is 14.3 Å². The van der Waals surface area contributed by atoms with E-state index >= 15 is 0 Å². The quantitative estimate of drug-likeness (QED) is 0.683. The van der Waals surface area contributed by atoms with E-state index in [2.05, 4.69) is 0 Å². The molecular weight excluding hydrogens is 180 g/mol. The average Bonchev–Trinajstić information content (AvgIpc) is 2.72. The summed E-state index contributed by atoms with van der Waals surface area (Å²) in [4.78, 5) is 10.4. The van der Waals surface area contributed by atoms with E-state index in [0.717, 1.165) is 25.1 Å². The molecule has 0 aliphatic carbocycles. The van der Waals surface area contributed by atoms with Gasteiger partial charge in [0.05, 0.1) is 13.2 Å². The predicted molar refractivity (Wildman–Crippen MR) is 51.7 cm³/mol. The van der Waals surface area contributed by atoms with Gasteiger partial charge in [-0.1, -0.05) is 0 Å². The van der Waals surface area contributed by atoms with E-state index in [9.17, 15) is 4.79 Å². The first-order chi connectivity index (χ1) is 6.88. The highest BCUT2D eigenvalue weighted by Gasteiger charge is 2.16. The topological polar surface area (TPSA) is 35.5 Å². The zero-order valence-electron chi connectivity index (χ0n) is 7.81. The molecule has 0 saturated carbocycles. The molecule has 1 aliphatic heterocycles. The van der Waals surface area contributed by atoms with Crippen molar-refractivity contribution >= 4 is 6.29 Å². The van der Waals surface area contributed by atoms with Gasteiger partial charge in [-0.05, 0) is 24.3 Å². The number of carbonyl (C=O) groups is 1. The maximum atomic E-state index is 10.4. The Balaban J connectivity index is 1.98. The highest BCUT2D eigenvalue weighted by Crippen LogP contribution is 2.16. The van der Waals surface area contributed by atoms with Crippen LogP contribution in [-0.2, 0) is 4.74 Å². The maximum Gasteiger partial charge on any atom is 0.150 e. The van der Waals surface area contributed by atoms with E-state index in [1.165, 1.54) is 0 Å². The summed E-state index contributed by atoms with van der Waals surface area (Å²) in [6.45, 7) is 1.44. The molecule has 2 rings (SSSR count). The van der Waals surface area contributed by atoms with Gasteiger partial charge in [0, 0.05) is 12.0 Å². The van der Waals surface area contributed by atoms with Crippen molar-refractivity contribution in [3.8, 4) is 5.75 Å². The molecule has 0 aromatic heterocycles. The van der Waals surface area contributed by atoms with Gasteiger partial charge in [0.1, 0.15) is 18.1 Å². The molecule has 1 heterocycles. The Morgan fingerprint density at radius 3 is 2.71 bits per heavy atom. The van der Waals surface area contributed by atoms with E-state index in [4.69, 9.17) is 9.47 Å². The zero-order valence-corrected chi connectivity index (χ0v) is 7.81. The van der Waals surface area contributed by atoms with Crippen molar-refractivity contribution in [2.45, 2.75) is 12.5 Å². The third-order valence-electron chi connectivity index (χ3n) is 2.21. The van der Waals surface area contributed by atoms with Gasteiger partial charge >= 0.3 is 0 Å². The van der Waals surface area contributed by atoms with Crippen LogP contribution in [0.4, 0.5) is 0 Å². The fraction of sp³-hybridized carbons (Fsp3) is 0.364. The van der Waals surface area contributed by atoms with E-state index in [-0.39, 0.29) is 6.10 Å². The van der Waals surface area contributed by atoms with Gasteiger partial charge < -0.3 is 9.47 Å². The lowest BCUT2D eigenvalue weighted by molar-refractivity contribution is 0.112. The first-order valence-electron chi connectivity index (χ1n) is 4.68. The van der Waals surface area contributed by atoms with Crippen LogP contribution in [0.1, 0.15) is 16.8 Å². The lowest BCUT2D eigenvalue weighted by atomic mass is 10.2. The van der Waals surface area contributed by atoms with Crippen LogP contribution in [0.3, 0.4) is 0 Å². The first kappa shape index (κ1) is 9.21. The van der Waals surface area contributed by atoms with Crippen LogP contribution in [0.25, 0.3) is 0 Å². The molecule has 0 unspecified atom stereocenters. The van der Waals surface area contributed by atoms with Crippen LogP contribution in [-0.4, -0.2) is 25.6 Å². The molecule has 0 bridgehead atoms. The number of hydrogen-bond acceptors (Lipinski definition) is 3. The molecule has 1 saturated heterocycles. The number of benzene rings is 1. The Kier molecular flexibility index (Phi) is 2.79. The van der Waals surface area contributed by atoms with Crippen LogP contribution >= 0.6 is 0 Å². The van der Waals surface area contributed by atoms with E-state index < -0.39 is 0 Å². The molecule has 3 heteroatoms. The molecule has 1 fully saturated rings. The summed E-state index contributed by atoms with van der Waals surface area (Å²) in [6, 6.07) is 7.11. The summed E-state index contributed by atoms with van der Waals surface area (Å²) >= 11 is 0. The maximum absolute atomic E-state index is 10.4. The van der Waals surface area contributed by atoms with E-state index in [1.54, 1.807) is 12.1 Å². The minimum Gasteiger partial charge on any atom is -0.488 e. The lowest BCUT2D eigenvalue weighted by Crippen LogP contribution is -2.15. The summed E-state index contributed by atoms with van der Waals surface area (Å²) in [7, 11) is 0. The number of aldehydes is 1. The number of ether oxygens (including phenoxy) is 2. The number of carbonyl (C=O) groups excluding carboxylic acids is 1. The molecule has 74 valence electrons. The highest BCUT2D eigenvalue weighted by atomic mass is 16.5. The number of hydrogen-bond donors (Lipinski definition) is 0. The Morgan fingerprint density at radius 2 is 2.14 bits per heavy atom. The van der Waals surface area contributed by atoms with Gasteiger partial charge in [0.15, 0.2) is 0 Å². The molecular formula is C11H12O3. The van der Waals surface area contributed by atoms with E-state index in [0.29, 0.717) is 12.2 Å². The van der Waals surface area contributed by atoms with Crippen LogP contribution in [0.2, 0.25) is 0 Å². The van der Waals surface area contributed by atoms with Gasteiger partial charge in [0.2, 0.25) is 0 Å². The average molecular weight is 192 g/mol. The van der Waals surface area contributed by atoms with Gasteiger partial charge in [0.25, 0.3) is 0 Å². The summed E-state index contributed by atoms with van der Waals surface area (Å²) in [5, 5.41) is 0. The van der Waals surface area contributed by atoms with Crippen molar-refractivity contribution in [2.75, 3.05) is 13.2 Å². The summed E-state index contributed by atoms with van der Waals surface area (Å²) in [6.07, 6.45) is 1.93. The van der Waals surface area contributed by atoms with Crippen molar-refractivity contribution in [1.29, 1.82) is 0 Å². The third-order valence-corrected chi connectivity index (χ3v) is 2.21.